The Labute approximate surface area is 120 Å². The molecule has 1 aliphatic rings. The van der Waals surface area contributed by atoms with Crippen molar-refractivity contribution < 1.29 is 0 Å². The van der Waals surface area contributed by atoms with Crippen LogP contribution in [0.4, 0.5) is 0 Å². The Hall–Kier alpha value is -1.71. The number of nitrogens with one attached hydrogen (secondary N) is 1. The molecule has 2 aromatic rings. The van der Waals surface area contributed by atoms with Crippen molar-refractivity contribution >= 4 is 0 Å². The molecule has 2 heterocycles. The van der Waals surface area contributed by atoms with Crippen LogP contribution < -0.4 is 0 Å². The van der Waals surface area contributed by atoms with E-state index in [1.165, 1.54) is 32.1 Å². The number of nitrogens with zero attached hydrogens (tertiary/aromatic N) is 3. The summed E-state index contributed by atoms with van der Waals surface area (Å²) in [5.74, 6) is 2.51. The minimum atomic E-state index is 0.728. The van der Waals surface area contributed by atoms with E-state index in [0.717, 1.165) is 41.8 Å². The van der Waals surface area contributed by atoms with Crippen molar-refractivity contribution in [1.29, 1.82) is 0 Å². The summed E-state index contributed by atoms with van der Waals surface area (Å²) < 4.78 is 0. The van der Waals surface area contributed by atoms with Crippen molar-refractivity contribution in [2.24, 2.45) is 5.92 Å². The number of hydrogen-bond acceptors (Lipinski definition) is 3. The van der Waals surface area contributed by atoms with Crippen molar-refractivity contribution in [2.75, 3.05) is 0 Å². The predicted octanol–water partition coefficient (Wildman–Crippen LogP) is 3.55. The third-order valence-electron chi connectivity index (χ3n) is 4.14. The summed E-state index contributed by atoms with van der Waals surface area (Å²) in [6.07, 6.45) is 8.76. The van der Waals surface area contributed by atoms with E-state index in [1.807, 2.05) is 18.2 Å². The van der Waals surface area contributed by atoms with Crippen LogP contribution in [0.1, 0.15) is 50.5 Å². The van der Waals surface area contributed by atoms with Crippen molar-refractivity contribution in [2.45, 2.75) is 51.9 Å². The van der Waals surface area contributed by atoms with Crippen LogP contribution in [0.5, 0.6) is 0 Å². The van der Waals surface area contributed by atoms with Gasteiger partial charge in [0, 0.05) is 12.1 Å². The lowest BCUT2D eigenvalue weighted by Gasteiger charge is -2.19. The molecule has 0 bridgehead atoms. The topological polar surface area (TPSA) is 54.5 Å². The fourth-order valence-electron chi connectivity index (χ4n) is 2.97. The second-order valence-electron chi connectivity index (χ2n) is 5.68. The first-order chi connectivity index (χ1) is 9.85. The molecule has 0 radical (unpaired) electrons. The number of pyridine rings is 1. The van der Waals surface area contributed by atoms with Crippen LogP contribution in [0.2, 0.25) is 0 Å². The Morgan fingerprint density at radius 2 is 2.00 bits per heavy atom. The normalized spacial score (nSPS) is 16.4. The van der Waals surface area contributed by atoms with Gasteiger partial charge < -0.3 is 0 Å². The molecule has 4 heteroatoms. The second kappa shape index (κ2) is 6.16. The van der Waals surface area contributed by atoms with E-state index in [9.17, 15) is 0 Å². The number of rotatable bonds is 4. The van der Waals surface area contributed by atoms with E-state index in [2.05, 4.69) is 27.1 Å². The van der Waals surface area contributed by atoms with E-state index < -0.39 is 0 Å². The molecule has 2 aromatic heterocycles. The zero-order valence-electron chi connectivity index (χ0n) is 12.1. The van der Waals surface area contributed by atoms with Gasteiger partial charge in [-0.2, -0.15) is 5.10 Å². The Morgan fingerprint density at radius 3 is 2.80 bits per heavy atom. The molecule has 0 unspecified atom stereocenters. The van der Waals surface area contributed by atoms with Gasteiger partial charge in [-0.1, -0.05) is 45.1 Å². The van der Waals surface area contributed by atoms with Crippen molar-refractivity contribution in [3.63, 3.8) is 0 Å². The van der Waals surface area contributed by atoms with Crippen LogP contribution in [0.25, 0.3) is 11.5 Å². The Bertz CT molecular complexity index is 555. The van der Waals surface area contributed by atoms with Gasteiger partial charge in [-0.15, -0.1) is 0 Å². The van der Waals surface area contributed by atoms with Crippen molar-refractivity contribution in [1.82, 2.24) is 20.2 Å². The highest BCUT2D eigenvalue weighted by Crippen LogP contribution is 2.26. The minimum Gasteiger partial charge on any atom is -0.263 e. The van der Waals surface area contributed by atoms with Gasteiger partial charge in [0.15, 0.2) is 5.82 Å². The van der Waals surface area contributed by atoms with Gasteiger partial charge in [0.1, 0.15) is 11.5 Å². The van der Waals surface area contributed by atoms with E-state index >= 15 is 0 Å². The van der Waals surface area contributed by atoms with Gasteiger partial charge in [-0.3, -0.25) is 5.10 Å². The van der Waals surface area contributed by atoms with Crippen LogP contribution >= 0.6 is 0 Å². The number of H-pyrrole nitrogens is 1. The highest BCUT2D eigenvalue weighted by atomic mass is 15.2. The van der Waals surface area contributed by atoms with Crippen LogP contribution in [-0.2, 0) is 12.8 Å². The minimum absolute atomic E-state index is 0.728. The fourth-order valence-corrected chi connectivity index (χ4v) is 2.97. The van der Waals surface area contributed by atoms with Crippen LogP contribution in [0.15, 0.2) is 18.2 Å². The molecule has 0 saturated heterocycles. The third kappa shape index (κ3) is 3.06. The first kappa shape index (κ1) is 13.3. The molecule has 4 nitrogen and oxygen atoms in total. The largest absolute Gasteiger partial charge is 0.263 e. The first-order valence-corrected chi connectivity index (χ1v) is 7.72. The van der Waals surface area contributed by atoms with Gasteiger partial charge in [-0.25, -0.2) is 9.97 Å². The van der Waals surface area contributed by atoms with E-state index in [1.54, 1.807) is 0 Å². The lowest BCUT2D eigenvalue weighted by Crippen LogP contribution is -2.10. The smallest absolute Gasteiger partial charge is 0.199 e. The standard InChI is InChI=1S/C16H22N4/c1-2-13-9-6-10-14(17-13)16-18-15(19-20-16)11-12-7-4-3-5-8-12/h6,9-10,12H,2-5,7-8,11H2,1H3,(H,18,19,20). The maximum atomic E-state index is 4.62. The molecular formula is C16H22N4. The van der Waals surface area contributed by atoms with Crippen molar-refractivity contribution in [3.8, 4) is 11.5 Å². The molecule has 20 heavy (non-hydrogen) atoms. The predicted molar refractivity (Wildman–Crippen MR) is 79.3 cm³/mol. The summed E-state index contributed by atoms with van der Waals surface area (Å²) in [6, 6.07) is 6.05. The van der Waals surface area contributed by atoms with Crippen LogP contribution in [0.3, 0.4) is 0 Å². The summed E-state index contributed by atoms with van der Waals surface area (Å²) in [4.78, 5) is 9.20. The van der Waals surface area contributed by atoms with Gasteiger partial charge in [0.2, 0.25) is 0 Å². The summed E-state index contributed by atoms with van der Waals surface area (Å²) in [7, 11) is 0. The summed E-state index contributed by atoms with van der Waals surface area (Å²) in [6.45, 7) is 2.11. The van der Waals surface area contributed by atoms with Gasteiger partial charge in [-0.05, 0) is 24.5 Å². The number of aryl methyl sites for hydroxylation is 1. The third-order valence-corrected chi connectivity index (χ3v) is 4.14. The maximum absolute atomic E-state index is 4.62. The number of aromatic nitrogens is 4. The van der Waals surface area contributed by atoms with E-state index in [-0.39, 0.29) is 0 Å². The molecule has 1 N–H and O–H groups in total. The maximum Gasteiger partial charge on any atom is 0.199 e. The monoisotopic (exact) mass is 270 g/mol. The lowest BCUT2D eigenvalue weighted by atomic mass is 9.87. The Morgan fingerprint density at radius 1 is 1.15 bits per heavy atom. The summed E-state index contributed by atoms with van der Waals surface area (Å²) >= 11 is 0. The van der Waals surface area contributed by atoms with Crippen LogP contribution in [0, 0.1) is 5.92 Å². The zero-order chi connectivity index (χ0) is 13.8. The van der Waals surface area contributed by atoms with Crippen LogP contribution in [-0.4, -0.2) is 20.2 Å². The molecule has 0 spiro atoms. The van der Waals surface area contributed by atoms with Gasteiger partial charge in [0.05, 0.1) is 0 Å². The molecular weight excluding hydrogens is 248 g/mol. The lowest BCUT2D eigenvalue weighted by molar-refractivity contribution is 0.352. The van der Waals surface area contributed by atoms with Gasteiger partial charge in [0.25, 0.3) is 0 Å². The molecule has 106 valence electrons. The Balaban J connectivity index is 1.72. The molecule has 1 fully saturated rings. The quantitative estimate of drug-likeness (QED) is 0.924. The molecule has 0 aromatic carbocycles. The SMILES string of the molecule is CCc1cccc(-c2n[nH]c(CC3CCCCC3)n2)n1. The molecule has 0 aliphatic heterocycles. The second-order valence-corrected chi connectivity index (χ2v) is 5.68. The fraction of sp³-hybridized carbons (Fsp3) is 0.562. The zero-order valence-corrected chi connectivity index (χ0v) is 12.1. The number of aromatic amines is 1. The molecule has 0 atom stereocenters. The molecule has 0 amide bonds. The van der Waals surface area contributed by atoms with E-state index in [4.69, 9.17) is 0 Å². The van der Waals surface area contributed by atoms with Gasteiger partial charge >= 0.3 is 0 Å². The summed E-state index contributed by atoms with van der Waals surface area (Å²) in [5, 5.41) is 7.42. The average molecular weight is 270 g/mol. The number of hydrogen-bond donors (Lipinski definition) is 1. The Kier molecular flexibility index (Phi) is 4.09. The highest BCUT2D eigenvalue weighted by Gasteiger charge is 2.16. The van der Waals surface area contributed by atoms with E-state index in [0.29, 0.717) is 0 Å². The molecule has 3 rings (SSSR count). The first-order valence-electron chi connectivity index (χ1n) is 7.72. The molecule has 1 saturated carbocycles. The average Bonchev–Trinajstić information content (AvgIpc) is 2.97. The molecule has 1 aliphatic carbocycles. The summed E-state index contributed by atoms with van der Waals surface area (Å²) in [5.41, 5.74) is 1.96. The highest BCUT2D eigenvalue weighted by molar-refractivity contribution is 5.48. The van der Waals surface area contributed by atoms with Crippen molar-refractivity contribution in [3.05, 3.63) is 29.7 Å².